The van der Waals surface area contributed by atoms with Crippen molar-refractivity contribution in [1.29, 1.82) is 0 Å². The Bertz CT molecular complexity index is 1500. The van der Waals surface area contributed by atoms with Crippen LogP contribution >= 0.6 is 11.3 Å². The summed E-state index contributed by atoms with van der Waals surface area (Å²) in [5, 5.41) is 3.50. The number of amides is 1. The Morgan fingerprint density at radius 1 is 1.06 bits per heavy atom. The lowest BCUT2D eigenvalue weighted by Gasteiger charge is -2.18. The van der Waals surface area contributed by atoms with Crippen LogP contribution in [0.15, 0.2) is 64.2 Å². The molecule has 1 aliphatic carbocycles. The minimum Gasteiger partial charge on any atom is -0.325 e. The molecule has 0 fully saturated rings. The number of benzene rings is 2. The zero-order chi connectivity index (χ0) is 23.8. The number of thiophene rings is 1. The van der Waals surface area contributed by atoms with Crippen LogP contribution < -0.4 is 16.6 Å². The number of anilines is 1. The van der Waals surface area contributed by atoms with Crippen molar-refractivity contribution >= 4 is 33.1 Å². The van der Waals surface area contributed by atoms with Crippen LogP contribution in [-0.2, 0) is 24.2 Å². The smallest absolute Gasteiger partial charge is 0.325 e. The summed E-state index contributed by atoms with van der Waals surface area (Å²) >= 11 is 1.49. The van der Waals surface area contributed by atoms with Gasteiger partial charge in [-0.1, -0.05) is 42.5 Å². The number of carbonyl (C=O) groups is 1. The van der Waals surface area contributed by atoms with Gasteiger partial charge in [0.15, 0.2) is 0 Å². The zero-order valence-corrected chi connectivity index (χ0v) is 20.2. The predicted molar refractivity (Wildman–Crippen MR) is 137 cm³/mol. The van der Waals surface area contributed by atoms with E-state index < -0.39 is 11.7 Å². The van der Waals surface area contributed by atoms with Crippen LogP contribution in [0.1, 0.15) is 47.4 Å². The average Bonchev–Trinajstić information content (AvgIpc) is 3.22. The summed E-state index contributed by atoms with van der Waals surface area (Å²) in [6, 6.07) is 16.6. The normalized spacial score (nSPS) is 14.1. The third kappa shape index (κ3) is 4.01. The molecule has 1 unspecified atom stereocenters. The molecule has 0 spiro atoms. The van der Waals surface area contributed by atoms with E-state index in [2.05, 4.69) is 5.32 Å². The summed E-state index contributed by atoms with van der Waals surface area (Å²) in [4.78, 5) is 42.2. The van der Waals surface area contributed by atoms with Gasteiger partial charge in [0.05, 0.1) is 11.4 Å². The van der Waals surface area contributed by atoms with E-state index in [-0.39, 0.29) is 18.0 Å². The predicted octanol–water partition coefficient (Wildman–Crippen LogP) is 4.66. The van der Waals surface area contributed by atoms with Crippen LogP contribution in [0.3, 0.4) is 0 Å². The Morgan fingerprint density at radius 2 is 1.82 bits per heavy atom. The summed E-state index contributed by atoms with van der Waals surface area (Å²) < 4.78 is 2.81. The van der Waals surface area contributed by atoms with Gasteiger partial charge in [0, 0.05) is 10.6 Å². The van der Waals surface area contributed by atoms with Gasteiger partial charge in [-0.3, -0.25) is 18.7 Å². The van der Waals surface area contributed by atoms with Gasteiger partial charge in [0.25, 0.3) is 5.56 Å². The van der Waals surface area contributed by atoms with Crippen molar-refractivity contribution in [3.05, 3.63) is 97.0 Å². The maximum atomic E-state index is 13.7. The van der Waals surface area contributed by atoms with Gasteiger partial charge >= 0.3 is 5.69 Å². The lowest BCUT2D eigenvalue weighted by Crippen LogP contribution is -2.43. The fraction of sp³-hybridized carbons (Fsp3) is 0.296. The van der Waals surface area contributed by atoms with Crippen molar-refractivity contribution in [2.75, 3.05) is 5.32 Å². The van der Waals surface area contributed by atoms with E-state index in [1.165, 1.54) is 20.5 Å². The van der Waals surface area contributed by atoms with Crippen molar-refractivity contribution in [3.63, 3.8) is 0 Å². The molecule has 2 aromatic carbocycles. The molecule has 0 bridgehead atoms. The van der Waals surface area contributed by atoms with Crippen LogP contribution in [0.4, 0.5) is 5.69 Å². The van der Waals surface area contributed by atoms with Gasteiger partial charge in [-0.2, -0.15) is 0 Å². The Morgan fingerprint density at radius 3 is 2.59 bits per heavy atom. The van der Waals surface area contributed by atoms with Crippen molar-refractivity contribution in [3.8, 4) is 0 Å². The average molecular weight is 474 g/mol. The summed E-state index contributed by atoms with van der Waals surface area (Å²) in [6.45, 7) is 3.67. The van der Waals surface area contributed by atoms with E-state index >= 15 is 0 Å². The molecule has 0 saturated heterocycles. The highest BCUT2D eigenvalue weighted by Crippen LogP contribution is 2.34. The molecule has 5 rings (SSSR count). The van der Waals surface area contributed by atoms with Crippen molar-refractivity contribution in [2.45, 2.75) is 52.1 Å². The molecule has 2 aromatic heterocycles. The molecule has 1 atom stereocenters. The van der Waals surface area contributed by atoms with E-state index in [4.69, 9.17) is 0 Å². The van der Waals surface area contributed by atoms with Crippen LogP contribution in [0.2, 0.25) is 0 Å². The van der Waals surface area contributed by atoms with Gasteiger partial charge < -0.3 is 5.32 Å². The monoisotopic (exact) mass is 473 g/mol. The highest BCUT2D eigenvalue weighted by Gasteiger charge is 2.26. The van der Waals surface area contributed by atoms with Crippen LogP contribution in [0.25, 0.3) is 10.2 Å². The first kappa shape index (κ1) is 22.3. The number of hydrogen-bond acceptors (Lipinski definition) is 4. The van der Waals surface area contributed by atoms with E-state index in [9.17, 15) is 14.4 Å². The van der Waals surface area contributed by atoms with Gasteiger partial charge in [-0.25, -0.2) is 4.79 Å². The quantitative estimate of drug-likeness (QED) is 0.458. The zero-order valence-electron chi connectivity index (χ0n) is 19.3. The number of fused-ring (bicyclic) bond motifs is 3. The molecule has 174 valence electrons. The second-order valence-corrected chi connectivity index (χ2v) is 10.0. The van der Waals surface area contributed by atoms with Crippen molar-refractivity contribution in [2.24, 2.45) is 0 Å². The minimum atomic E-state index is -0.452. The standard InChI is InChI=1S/C27H27N3O3S/c1-17-9-8-12-20(15-17)28-23(31)16-29-26-24(21-13-6-7-14-22(21)34-26)25(32)30(27(29)33)18(2)19-10-4-3-5-11-19/h3-5,8-12,15,18H,6-7,13-14,16H2,1-2H3,(H,28,31). The minimum absolute atomic E-state index is 0.148. The fourth-order valence-corrected chi connectivity index (χ4v) is 6.19. The topological polar surface area (TPSA) is 73.1 Å². The van der Waals surface area contributed by atoms with Crippen LogP contribution in [0, 0.1) is 6.92 Å². The molecule has 0 aliphatic heterocycles. The maximum Gasteiger partial charge on any atom is 0.333 e. The molecule has 6 nitrogen and oxygen atoms in total. The second kappa shape index (κ2) is 9.06. The van der Waals surface area contributed by atoms with Crippen molar-refractivity contribution < 1.29 is 4.79 Å². The Balaban J connectivity index is 1.65. The summed E-state index contributed by atoms with van der Waals surface area (Å²) in [6.07, 6.45) is 3.84. The number of nitrogens with one attached hydrogen (secondary N) is 1. The molecule has 0 saturated carbocycles. The van der Waals surface area contributed by atoms with E-state index in [0.29, 0.717) is 15.9 Å². The van der Waals surface area contributed by atoms with Crippen LogP contribution in [0.5, 0.6) is 0 Å². The first-order chi connectivity index (χ1) is 16.4. The number of carbonyl (C=O) groups excluding carboxylic acids is 1. The third-order valence-electron chi connectivity index (χ3n) is 6.54. The van der Waals surface area contributed by atoms with E-state index in [0.717, 1.165) is 47.3 Å². The molecular formula is C27H27N3O3S. The largest absolute Gasteiger partial charge is 0.333 e. The molecule has 1 amide bonds. The molecule has 2 heterocycles. The molecule has 1 aliphatic rings. The third-order valence-corrected chi connectivity index (χ3v) is 7.86. The first-order valence-electron chi connectivity index (χ1n) is 11.6. The molecule has 1 N–H and O–H groups in total. The molecule has 34 heavy (non-hydrogen) atoms. The van der Waals surface area contributed by atoms with E-state index in [1.807, 2.05) is 68.4 Å². The number of aryl methyl sites for hydroxylation is 3. The Labute approximate surface area is 201 Å². The Kier molecular flexibility index (Phi) is 5.96. The fourth-order valence-electron chi connectivity index (χ4n) is 4.81. The first-order valence-corrected chi connectivity index (χ1v) is 12.5. The number of aromatic nitrogens is 2. The molecular weight excluding hydrogens is 446 g/mol. The van der Waals surface area contributed by atoms with Gasteiger partial charge in [-0.05, 0) is 68.4 Å². The Hall–Kier alpha value is -3.45. The van der Waals surface area contributed by atoms with Crippen LogP contribution in [-0.4, -0.2) is 15.0 Å². The number of hydrogen-bond donors (Lipinski definition) is 1. The lowest BCUT2D eigenvalue weighted by atomic mass is 9.97. The summed E-state index contributed by atoms with van der Waals surface area (Å²) in [7, 11) is 0. The second-order valence-electron chi connectivity index (χ2n) is 8.94. The molecule has 0 radical (unpaired) electrons. The van der Waals surface area contributed by atoms with Gasteiger partial charge in [0.1, 0.15) is 11.4 Å². The molecule has 4 aromatic rings. The summed E-state index contributed by atoms with van der Waals surface area (Å²) in [5.74, 6) is -0.294. The van der Waals surface area contributed by atoms with Gasteiger partial charge in [0.2, 0.25) is 5.91 Å². The highest BCUT2D eigenvalue weighted by atomic mass is 32.1. The maximum absolute atomic E-state index is 13.7. The van der Waals surface area contributed by atoms with E-state index in [1.54, 1.807) is 0 Å². The van der Waals surface area contributed by atoms with Crippen molar-refractivity contribution in [1.82, 2.24) is 9.13 Å². The SMILES string of the molecule is Cc1cccc(NC(=O)Cn2c(=O)n(C(C)c3ccccc3)c(=O)c3c4c(sc32)CCCC4)c1. The lowest BCUT2D eigenvalue weighted by molar-refractivity contribution is -0.116. The molecule has 7 heteroatoms. The number of nitrogens with zero attached hydrogens (tertiary/aromatic N) is 2. The highest BCUT2D eigenvalue weighted by molar-refractivity contribution is 7.18. The number of rotatable bonds is 5. The summed E-state index contributed by atoms with van der Waals surface area (Å²) in [5.41, 5.74) is 2.94. The van der Waals surface area contributed by atoms with Gasteiger partial charge in [-0.15, -0.1) is 11.3 Å².